The fourth-order valence-corrected chi connectivity index (χ4v) is 1.33. The number of benzene rings is 1. The zero-order valence-corrected chi connectivity index (χ0v) is 9.79. The van der Waals surface area contributed by atoms with Crippen LogP contribution in [0, 0.1) is 0 Å². The highest BCUT2D eigenvalue weighted by Crippen LogP contribution is 2.19. The maximum Gasteiger partial charge on any atom is 0.118 e. The predicted molar refractivity (Wildman–Crippen MR) is 65.2 cm³/mol. The molecule has 0 saturated heterocycles. The fourth-order valence-electron chi connectivity index (χ4n) is 1.33. The number of nitrogens with zero attached hydrogens (tertiary/aromatic N) is 1. The van der Waals surface area contributed by atoms with Gasteiger partial charge in [-0.3, -0.25) is 0 Å². The van der Waals surface area contributed by atoms with Gasteiger partial charge >= 0.3 is 0 Å². The van der Waals surface area contributed by atoms with Crippen LogP contribution in [0.3, 0.4) is 0 Å². The highest BCUT2D eigenvalue weighted by molar-refractivity contribution is 5.63. The monoisotopic (exact) mass is 205 g/mol. The van der Waals surface area contributed by atoms with E-state index in [1.54, 1.807) is 7.11 Å². The summed E-state index contributed by atoms with van der Waals surface area (Å²) in [5.74, 6) is 0.888. The van der Waals surface area contributed by atoms with E-state index in [1.807, 2.05) is 12.1 Å². The van der Waals surface area contributed by atoms with Gasteiger partial charge in [-0.25, -0.2) is 0 Å². The molecule has 0 fully saturated rings. The minimum atomic E-state index is 0.888. The molecule has 0 unspecified atom stereocenters. The van der Waals surface area contributed by atoms with Crippen LogP contribution in [0.15, 0.2) is 30.8 Å². The summed E-state index contributed by atoms with van der Waals surface area (Å²) in [5, 5.41) is 0. The minimum absolute atomic E-state index is 0.888. The van der Waals surface area contributed by atoms with E-state index in [9.17, 15) is 0 Å². The summed E-state index contributed by atoms with van der Waals surface area (Å²) in [7, 11) is 5.82. The summed E-state index contributed by atoms with van der Waals surface area (Å²) in [6, 6.07) is 8.04. The maximum atomic E-state index is 5.11. The second-order valence-electron chi connectivity index (χ2n) is 3.89. The molecule has 0 spiro atoms. The van der Waals surface area contributed by atoms with Gasteiger partial charge in [-0.1, -0.05) is 18.7 Å². The van der Waals surface area contributed by atoms with Crippen LogP contribution in [0.25, 0.3) is 5.57 Å². The SMILES string of the molecule is C=C(CCN(C)C)c1ccc(OC)cc1. The van der Waals surface area contributed by atoms with Crippen molar-refractivity contribution in [3.63, 3.8) is 0 Å². The molecule has 0 radical (unpaired) electrons. The van der Waals surface area contributed by atoms with Crippen molar-refractivity contribution in [3.05, 3.63) is 36.4 Å². The molecule has 1 aromatic carbocycles. The number of hydrogen-bond donors (Lipinski definition) is 0. The Hall–Kier alpha value is -1.28. The molecule has 2 nitrogen and oxygen atoms in total. The number of hydrogen-bond acceptors (Lipinski definition) is 2. The molecule has 0 aromatic heterocycles. The summed E-state index contributed by atoms with van der Waals surface area (Å²) in [4.78, 5) is 2.16. The van der Waals surface area contributed by atoms with Crippen LogP contribution in [-0.4, -0.2) is 32.6 Å². The van der Waals surface area contributed by atoms with Crippen LogP contribution in [-0.2, 0) is 0 Å². The standard InChI is InChI=1S/C13H19NO/c1-11(9-10-14(2)3)12-5-7-13(15-4)8-6-12/h5-8H,1,9-10H2,2-4H3. The molecule has 0 atom stereocenters. The third-order valence-corrected chi connectivity index (χ3v) is 2.36. The highest BCUT2D eigenvalue weighted by atomic mass is 16.5. The molecule has 0 aliphatic carbocycles. The molecule has 2 heteroatoms. The first-order chi connectivity index (χ1) is 7.13. The zero-order valence-electron chi connectivity index (χ0n) is 9.79. The van der Waals surface area contributed by atoms with Crippen LogP contribution in [0.5, 0.6) is 5.75 Å². The van der Waals surface area contributed by atoms with Crippen molar-refractivity contribution in [2.24, 2.45) is 0 Å². The molecule has 0 amide bonds. The average molecular weight is 205 g/mol. The highest BCUT2D eigenvalue weighted by Gasteiger charge is 2.00. The van der Waals surface area contributed by atoms with E-state index in [-0.39, 0.29) is 0 Å². The average Bonchev–Trinajstić information content (AvgIpc) is 2.26. The fraction of sp³-hybridized carbons (Fsp3) is 0.385. The summed E-state index contributed by atoms with van der Waals surface area (Å²) in [6.45, 7) is 5.12. The first kappa shape index (κ1) is 11.8. The molecule has 0 aliphatic heterocycles. The van der Waals surface area contributed by atoms with Crippen LogP contribution in [0.2, 0.25) is 0 Å². The summed E-state index contributed by atoms with van der Waals surface area (Å²) in [5.41, 5.74) is 2.36. The number of methoxy groups -OCH3 is 1. The van der Waals surface area contributed by atoms with Gasteiger partial charge in [0.15, 0.2) is 0 Å². The van der Waals surface area contributed by atoms with Gasteiger partial charge in [-0.05, 0) is 43.8 Å². The van der Waals surface area contributed by atoms with Crippen molar-refractivity contribution >= 4 is 5.57 Å². The van der Waals surface area contributed by atoms with Gasteiger partial charge in [-0.2, -0.15) is 0 Å². The Bertz CT molecular complexity index is 314. The molecule has 0 aliphatic rings. The molecular formula is C13H19NO. The minimum Gasteiger partial charge on any atom is -0.497 e. The van der Waals surface area contributed by atoms with E-state index in [4.69, 9.17) is 4.74 Å². The van der Waals surface area contributed by atoms with Gasteiger partial charge in [-0.15, -0.1) is 0 Å². The van der Waals surface area contributed by atoms with E-state index < -0.39 is 0 Å². The quantitative estimate of drug-likeness (QED) is 0.732. The molecule has 0 heterocycles. The Morgan fingerprint density at radius 1 is 1.27 bits per heavy atom. The van der Waals surface area contributed by atoms with Gasteiger partial charge < -0.3 is 9.64 Å². The van der Waals surface area contributed by atoms with Crippen LogP contribution >= 0.6 is 0 Å². The van der Waals surface area contributed by atoms with E-state index in [0.717, 1.165) is 18.7 Å². The van der Waals surface area contributed by atoms with Crippen LogP contribution < -0.4 is 4.74 Å². The summed E-state index contributed by atoms with van der Waals surface area (Å²) < 4.78 is 5.11. The molecule has 82 valence electrons. The third kappa shape index (κ3) is 3.76. The summed E-state index contributed by atoms with van der Waals surface area (Å²) >= 11 is 0. The van der Waals surface area contributed by atoms with Gasteiger partial charge in [0.05, 0.1) is 7.11 Å². The first-order valence-electron chi connectivity index (χ1n) is 5.10. The molecule has 0 saturated carbocycles. The number of rotatable bonds is 5. The van der Waals surface area contributed by atoms with Crippen LogP contribution in [0.1, 0.15) is 12.0 Å². The zero-order chi connectivity index (χ0) is 11.3. The van der Waals surface area contributed by atoms with Crippen molar-refractivity contribution < 1.29 is 4.74 Å². The van der Waals surface area contributed by atoms with Gasteiger partial charge in [0, 0.05) is 6.54 Å². The third-order valence-electron chi connectivity index (χ3n) is 2.36. The Labute approximate surface area is 92.2 Å². The van der Waals surface area contributed by atoms with Crippen molar-refractivity contribution in [3.8, 4) is 5.75 Å². The Morgan fingerprint density at radius 2 is 1.87 bits per heavy atom. The van der Waals surface area contributed by atoms with Crippen LogP contribution in [0.4, 0.5) is 0 Å². The lowest BCUT2D eigenvalue weighted by atomic mass is 10.0. The largest absolute Gasteiger partial charge is 0.497 e. The Balaban J connectivity index is 2.58. The Kier molecular flexibility index (Phi) is 4.37. The second kappa shape index (κ2) is 5.56. The Morgan fingerprint density at radius 3 is 2.33 bits per heavy atom. The smallest absolute Gasteiger partial charge is 0.118 e. The lowest BCUT2D eigenvalue weighted by Crippen LogP contribution is -2.13. The van der Waals surface area contributed by atoms with E-state index in [0.29, 0.717) is 0 Å². The molecular weight excluding hydrogens is 186 g/mol. The van der Waals surface area contributed by atoms with Crippen molar-refractivity contribution in [2.75, 3.05) is 27.7 Å². The molecule has 1 rings (SSSR count). The van der Waals surface area contributed by atoms with Crippen molar-refractivity contribution in [1.29, 1.82) is 0 Å². The molecule has 0 bridgehead atoms. The predicted octanol–water partition coefficient (Wildman–Crippen LogP) is 2.66. The van der Waals surface area contributed by atoms with Gasteiger partial charge in [0.1, 0.15) is 5.75 Å². The molecule has 15 heavy (non-hydrogen) atoms. The normalized spacial score (nSPS) is 10.4. The number of ether oxygens (including phenoxy) is 1. The second-order valence-corrected chi connectivity index (χ2v) is 3.89. The van der Waals surface area contributed by atoms with E-state index in [1.165, 1.54) is 11.1 Å². The maximum absolute atomic E-state index is 5.11. The van der Waals surface area contributed by atoms with Gasteiger partial charge in [0.25, 0.3) is 0 Å². The van der Waals surface area contributed by atoms with E-state index in [2.05, 4.69) is 37.7 Å². The molecule has 0 N–H and O–H groups in total. The first-order valence-corrected chi connectivity index (χ1v) is 5.10. The van der Waals surface area contributed by atoms with E-state index >= 15 is 0 Å². The van der Waals surface area contributed by atoms with Crippen molar-refractivity contribution in [1.82, 2.24) is 4.90 Å². The lowest BCUT2D eigenvalue weighted by Gasteiger charge is -2.11. The topological polar surface area (TPSA) is 12.5 Å². The lowest BCUT2D eigenvalue weighted by molar-refractivity contribution is 0.414. The molecule has 1 aromatic rings. The summed E-state index contributed by atoms with van der Waals surface area (Å²) in [6.07, 6.45) is 0.999. The van der Waals surface area contributed by atoms with Crippen molar-refractivity contribution in [2.45, 2.75) is 6.42 Å². The van der Waals surface area contributed by atoms with Gasteiger partial charge in [0.2, 0.25) is 0 Å².